The maximum Gasteiger partial charge on any atom is 0.229 e. The summed E-state index contributed by atoms with van der Waals surface area (Å²) in [7, 11) is 0. The van der Waals surface area contributed by atoms with E-state index in [0.717, 1.165) is 16.5 Å². The lowest BCUT2D eigenvalue weighted by molar-refractivity contribution is -0.277. The number of rotatable bonds is 5. The number of nitrogens with one attached hydrogen (secondary N) is 1. The molecular weight excluding hydrogens is 318 g/mol. The van der Waals surface area contributed by atoms with Gasteiger partial charge in [-0.3, -0.25) is 0 Å². The maximum absolute atomic E-state index is 10.0. The highest BCUT2D eigenvalue weighted by molar-refractivity contribution is 5.84. The molecule has 0 saturated carbocycles. The van der Waals surface area contributed by atoms with E-state index in [9.17, 15) is 20.4 Å². The normalized spacial score (nSPS) is 30.6. The predicted molar refractivity (Wildman–Crippen MR) is 83.5 cm³/mol. The summed E-state index contributed by atoms with van der Waals surface area (Å²) in [6.07, 6.45) is -4.31. The molecule has 1 aliphatic rings. The second-order valence-electron chi connectivity index (χ2n) is 5.81. The van der Waals surface area contributed by atoms with Crippen LogP contribution >= 0.6 is 0 Å². The van der Waals surface area contributed by atoms with Crippen molar-refractivity contribution >= 4 is 10.9 Å². The first kappa shape index (κ1) is 17.2. The van der Waals surface area contributed by atoms with E-state index in [4.69, 9.17) is 14.6 Å². The van der Waals surface area contributed by atoms with E-state index in [0.29, 0.717) is 12.2 Å². The largest absolute Gasteiger partial charge is 0.462 e. The van der Waals surface area contributed by atoms with Gasteiger partial charge in [0.25, 0.3) is 0 Å². The van der Waals surface area contributed by atoms with E-state index in [-0.39, 0.29) is 6.61 Å². The smallest absolute Gasteiger partial charge is 0.229 e. The van der Waals surface area contributed by atoms with Crippen LogP contribution in [0.25, 0.3) is 10.9 Å². The lowest BCUT2D eigenvalue weighted by atomic mass is 9.99. The standard InChI is InChI=1S/C16H21NO7/c18-4-3-8-6-17-11-2-1-9(5-10(8)11)23-16-15(22)14(21)13(20)12(7-19)24-16/h1-2,5-6,12-22H,3-4,7H2/t12-,13-,14+,15-,16-/m1/s1. The van der Waals surface area contributed by atoms with Gasteiger partial charge in [0.2, 0.25) is 6.29 Å². The molecule has 8 heteroatoms. The van der Waals surface area contributed by atoms with E-state index in [1.165, 1.54) is 0 Å². The van der Waals surface area contributed by atoms with Gasteiger partial charge in [-0.2, -0.15) is 0 Å². The third-order valence-electron chi connectivity index (χ3n) is 4.22. The van der Waals surface area contributed by atoms with E-state index in [2.05, 4.69) is 4.98 Å². The van der Waals surface area contributed by atoms with E-state index in [1.807, 2.05) is 0 Å². The van der Waals surface area contributed by atoms with Crippen LogP contribution in [0.2, 0.25) is 0 Å². The van der Waals surface area contributed by atoms with Crippen LogP contribution in [0.3, 0.4) is 0 Å². The second-order valence-corrected chi connectivity index (χ2v) is 5.81. The molecule has 24 heavy (non-hydrogen) atoms. The quantitative estimate of drug-likeness (QED) is 0.406. The van der Waals surface area contributed by atoms with Crippen molar-refractivity contribution < 1.29 is 35.0 Å². The molecule has 0 spiro atoms. The Bertz CT molecular complexity index is 686. The van der Waals surface area contributed by atoms with Gasteiger partial charge in [0.1, 0.15) is 30.2 Å². The van der Waals surface area contributed by atoms with Gasteiger partial charge >= 0.3 is 0 Å². The van der Waals surface area contributed by atoms with Crippen molar-refractivity contribution in [2.24, 2.45) is 0 Å². The number of aromatic amines is 1. The lowest BCUT2D eigenvalue weighted by Gasteiger charge is -2.39. The fourth-order valence-electron chi connectivity index (χ4n) is 2.86. The molecule has 1 saturated heterocycles. The fourth-order valence-corrected chi connectivity index (χ4v) is 2.86. The number of hydrogen-bond donors (Lipinski definition) is 6. The number of hydrogen-bond acceptors (Lipinski definition) is 7. The van der Waals surface area contributed by atoms with Crippen LogP contribution in [0.15, 0.2) is 24.4 Å². The van der Waals surface area contributed by atoms with Gasteiger partial charge in [-0.05, 0) is 30.2 Å². The molecular formula is C16H21NO7. The molecule has 0 radical (unpaired) electrons. The van der Waals surface area contributed by atoms with Crippen LogP contribution in [-0.2, 0) is 11.2 Å². The van der Waals surface area contributed by atoms with Crippen molar-refractivity contribution in [3.63, 3.8) is 0 Å². The average Bonchev–Trinajstić information content (AvgIpc) is 2.98. The summed E-state index contributed by atoms with van der Waals surface area (Å²) in [5, 5.41) is 48.7. The summed E-state index contributed by atoms with van der Waals surface area (Å²) >= 11 is 0. The van der Waals surface area contributed by atoms with Crippen LogP contribution in [0.1, 0.15) is 5.56 Å². The number of H-pyrrole nitrogens is 1. The Kier molecular flexibility index (Phi) is 5.04. The van der Waals surface area contributed by atoms with Crippen molar-refractivity contribution in [2.75, 3.05) is 13.2 Å². The number of fused-ring (bicyclic) bond motifs is 1. The molecule has 0 unspecified atom stereocenters. The molecule has 2 aromatic rings. The van der Waals surface area contributed by atoms with Gasteiger partial charge in [-0.1, -0.05) is 0 Å². The van der Waals surface area contributed by atoms with Gasteiger partial charge in [0, 0.05) is 23.7 Å². The fraction of sp³-hybridized carbons (Fsp3) is 0.500. The Labute approximate surface area is 137 Å². The van der Waals surface area contributed by atoms with Crippen LogP contribution in [0, 0.1) is 0 Å². The summed E-state index contributed by atoms with van der Waals surface area (Å²) in [5.41, 5.74) is 1.80. The lowest BCUT2D eigenvalue weighted by Crippen LogP contribution is -2.60. The van der Waals surface area contributed by atoms with Gasteiger partial charge in [-0.25, -0.2) is 0 Å². The zero-order chi connectivity index (χ0) is 17.3. The molecule has 8 nitrogen and oxygen atoms in total. The summed E-state index contributed by atoms with van der Waals surface area (Å²) < 4.78 is 10.9. The van der Waals surface area contributed by atoms with Crippen molar-refractivity contribution in [3.05, 3.63) is 30.0 Å². The Morgan fingerprint density at radius 2 is 1.88 bits per heavy atom. The van der Waals surface area contributed by atoms with Gasteiger partial charge in [-0.15, -0.1) is 0 Å². The zero-order valence-electron chi connectivity index (χ0n) is 12.9. The second kappa shape index (κ2) is 7.06. The average molecular weight is 339 g/mol. The number of aromatic nitrogens is 1. The first-order chi connectivity index (χ1) is 11.5. The molecule has 6 N–H and O–H groups in total. The Morgan fingerprint density at radius 1 is 1.08 bits per heavy atom. The number of aliphatic hydroxyl groups is 5. The van der Waals surface area contributed by atoms with Gasteiger partial charge in [0.15, 0.2) is 0 Å². The molecule has 132 valence electrons. The number of aliphatic hydroxyl groups excluding tert-OH is 5. The van der Waals surface area contributed by atoms with Crippen molar-refractivity contribution in [1.82, 2.24) is 4.98 Å². The van der Waals surface area contributed by atoms with Crippen molar-refractivity contribution in [2.45, 2.75) is 37.1 Å². The molecule has 1 aromatic carbocycles. The molecule has 3 rings (SSSR count). The third-order valence-corrected chi connectivity index (χ3v) is 4.22. The minimum Gasteiger partial charge on any atom is -0.462 e. The molecule has 1 fully saturated rings. The van der Waals surface area contributed by atoms with Crippen LogP contribution in [0.5, 0.6) is 5.75 Å². The Balaban J connectivity index is 1.82. The highest BCUT2D eigenvalue weighted by Crippen LogP contribution is 2.28. The third kappa shape index (κ3) is 3.12. The van der Waals surface area contributed by atoms with Crippen LogP contribution in [-0.4, -0.2) is 74.4 Å². The highest BCUT2D eigenvalue weighted by atomic mass is 16.7. The molecule has 2 heterocycles. The minimum atomic E-state index is -1.48. The SMILES string of the molecule is OCCc1c[nH]c2ccc(O[C@@H]3O[C@H](CO)[C@@H](O)[C@H](O)[C@H]3O)cc12. The minimum absolute atomic E-state index is 0.0186. The Hall–Kier alpha value is -1.68. The molecule has 0 aliphatic carbocycles. The summed E-state index contributed by atoms with van der Waals surface area (Å²) in [6, 6.07) is 5.19. The first-order valence-corrected chi connectivity index (χ1v) is 7.73. The zero-order valence-corrected chi connectivity index (χ0v) is 12.9. The van der Waals surface area contributed by atoms with Gasteiger partial charge < -0.3 is 40.0 Å². The topological polar surface area (TPSA) is 135 Å². The highest BCUT2D eigenvalue weighted by Gasteiger charge is 2.44. The Morgan fingerprint density at radius 3 is 2.58 bits per heavy atom. The van der Waals surface area contributed by atoms with Crippen LogP contribution in [0.4, 0.5) is 0 Å². The van der Waals surface area contributed by atoms with Crippen LogP contribution < -0.4 is 4.74 Å². The monoisotopic (exact) mass is 339 g/mol. The van der Waals surface area contributed by atoms with E-state index < -0.39 is 37.3 Å². The van der Waals surface area contributed by atoms with Crippen molar-refractivity contribution in [3.8, 4) is 5.75 Å². The summed E-state index contributed by atoms with van der Waals surface area (Å²) in [6.45, 7) is -0.493. The predicted octanol–water partition coefficient (Wildman–Crippen LogP) is -1.12. The van der Waals surface area contributed by atoms with E-state index in [1.54, 1.807) is 24.4 Å². The maximum atomic E-state index is 10.0. The molecule has 0 amide bonds. The van der Waals surface area contributed by atoms with Gasteiger partial charge in [0.05, 0.1) is 6.61 Å². The molecule has 1 aliphatic heterocycles. The van der Waals surface area contributed by atoms with Crippen molar-refractivity contribution in [1.29, 1.82) is 0 Å². The molecule has 5 atom stereocenters. The summed E-state index contributed by atoms with van der Waals surface area (Å²) in [4.78, 5) is 3.09. The molecule has 0 bridgehead atoms. The first-order valence-electron chi connectivity index (χ1n) is 7.73. The number of ether oxygens (including phenoxy) is 2. The summed E-state index contributed by atoms with van der Waals surface area (Å²) in [5.74, 6) is 0.394. The molecule has 1 aromatic heterocycles. The number of benzene rings is 1. The van der Waals surface area contributed by atoms with E-state index >= 15 is 0 Å².